The molecule has 1 saturated carbocycles. The summed E-state index contributed by atoms with van der Waals surface area (Å²) in [4.78, 5) is 0.169. The lowest BCUT2D eigenvalue weighted by molar-refractivity contribution is -0.0908. The lowest BCUT2D eigenvalue weighted by Crippen LogP contribution is -2.61. The summed E-state index contributed by atoms with van der Waals surface area (Å²) < 4.78 is 34.2. The first-order valence-electron chi connectivity index (χ1n) is 6.59. The number of methoxy groups -OCH3 is 1. The zero-order chi connectivity index (χ0) is 15.0. The Labute approximate surface area is 119 Å². The molecule has 1 heterocycles. The Kier molecular flexibility index (Phi) is 4.19. The van der Waals surface area contributed by atoms with Gasteiger partial charge in [0.25, 0.3) is 0 Å². The first kappa shape index (κ1) is 15.4. The van der Waals surface area contributed by atoms with Crippen molar-refractivity contribution in [1.29, 1.82) is 0 Å². The maximum atomic E-state index is 12.3. The van der Waals surface area contributed by atoms with Crippen molar-refractivity contribution < 1.29 is 13.2 Å². The van der Waals surface area contributed by atoms with E-state index in [1.54, 1.807) is 7.11 Å². The number of ether oxygens (including phenoxy) is 1. The highest BCUT2D eigenvalue weighted by molar-refractivity contribution is 7.89. The highest BCUT2D eigenvalue weighted by atomic mass is 32.2. The summed E-state index contributed by atoms with van der Waals surface area (Å²) in [5.74, 6) is 0. The number of hydrogen-bond acceptors (Lipinski definition) is 5. The second kappa shape index (κ2) is 5.44. The smallest absolute Gasteiger partial charge is 0.243 e. The topological polar surface area (TPSA) is 99.2 Å². The Bertz CT molecular complexity index is 567. The van der Waals surface area contributed by atoms with Crippen LogP contribution in [0.15, 0.2) is 17.3 Å². The van der Waals surface area contributed by atoms with Crippen molar-refractivity contribution in [3.63, 3.8) is 0 Å². The van der Waals surface area contributed by atoms with Gasteiger partial charge in [-0.3, -0.25) is 4.68 Å². The fraction of sp³-hybridized carbons (Fsp3) is 0.750. The van der Waals surface area contributed by atoms with Gasteiger partial charge in [0.15, 0.2) is 0 Å². The molecule has 0 aliphatic heterocycles. The Morgan fingerprint density at radius 2 is 2.30 bits per heavy atom. The normalized spacial score (nSPS) is 25.4. The van der Waals surface area contributed by atoms with Gasteiger partial charge in [-0.15, -0.1) is 0 Å². The van der Waals surface area contributed by atoms with E-state index in [0.29, 0.717) is 19.5 Å². The molecule has 2 rings (SSSR count). The SMILES string of the molecule is COC1CC(NS(=O)(=O)c2cnn(CCN)c2)C1(C)C. The third-order valence-electron chi connectivity index (χ3n) is 4.04. The van der Waals surface area contributed by atoms with E-state index in [2.05, 4.69) is 9.82 Å². The number of sulfonamides is 1. The third-order valence-corrected chi connectivity index (χ3v) is 5.46. The molecule has 2 unspecified atom stereocenters. The van der Waals surface area contributed by atoms with Crippen LogP contribution in [0.1, 0.15) is 20.3 Å². The van der Waals surface area contributed by atoms with Crippen molar-refractivity contribution in [1.82, 2.24) is 14.5 Å². The Morgan fingerprint density at radius 3 is 2.85 bits per heavy atom. The predicted molar refractivity (Wildman–Crippen MR) is 74.6 cm³/mol. The molecule has 20 heavy (non-hydrogen) atoms. The van der Waals surface area contributed by atoms with Crippen molar-refractivity contribution in [2.45, 2.75) is 43.9 Å². The number of nitrogens with two attached hydrogens (primary N) is 1. The first-order chi connectivity index (χ1) is 9.31. The van der Waals surface area contributed by atoms with E-state index < -0.39 is 10.0 Å². The van der Waals surface area contributed by atoms with Crippen LogP contribution in [-0.4, -0.2) is 44.0 Å². The number of nitrogens with one attached hydrogen (secondary N) is 1. The van der Waals surface area contributed by atoms with Gasteiger partial charge in [-0.2, -0.15) is 5.10 Å². The van der Waals surface area contributed by atoms with E-state index in [1.165, 1.54) is 17.1 Å². The van der Waals surface area contributed by atoms with Gasteiger partial charge in [0.05, 0.1) is 18.8 Å². The summed E-state index contributed by atoms with van der Waals surface area (Å²) in [7, 11) is -1.90. The molecule has 0 bridgehead atoms. The molecule has 0 spiro atoms. The molecule has 0 radical (unpaired) electrons. The van der Waals surface area contributed by atoms with E-state index in [1.807, 2.05) is 13.8 Å². The van der Waals surface area contributed by atoms with Crippen molar-refractivity contribution in [3.8, 4) is 0 Å². The van der Waals surface area contributed by atoms with E-state index in [-0.39, 0.29) is 22.5 Å². The van der Waals surface area contributed by atoms with Crippen LogP contribution in [0.2, 0.25) is 0 Å². The fourth-order valence-corrected chi connectivity index (χ4v) is 3.84. The molecule has 8 heteroatoms. The zero-order valence-corrected chi connectivity index (χ0v) is 12.9. The predicted octanol–water partition coefficient (Wildman–Crippen LogP) is -0.0664. The van der Waals surface area contributed by atoms with E-state index in [9.17, 15) is 8.42 Å². The third kappa shape index (κ3) is 2.73. The Morgan fingerprint density at radius 1 is 1.60 bits per heavy atom. The van der Waals surface area contributed by atoms with Gasteiger partial charge in [0.1, 0.15) is 4.90 Å². The van der Waals surface area contributed by atoms with Crippen LogP contribution in [0.4, 0.5) is 0 Å². The quantitative estimate of drug-likeness (QED) is 0.766. The minimum Gasteiger partial charge on any atom is -0.381 e. The van der Waals surface area contributed by atoms with Gasteiger partial charge in [-0.05, 0) is 6.42 Å². The number of hydrogen-bond donors (Lipinski definition) is 2. The molecule has 1 aromatic rings. The number of aromatic nitrogens is 2. The molecule has 0 saturated heterocycles. The first-order valence-corrected chi connectivity index (χ1v) is 8.07. The second-order valence-corrected chi connectivity index (χ2v) is 7.40. The van der Waals surface area contributed by atoms with Crippen molar-refractivity contribution >= 4 is 10.0 Å². The minimum absolute atomic E-state index is 0.0789. The highest BCUT2D eigenvalue weighted by Gasteiger charge is 2.50. The summed E-state index contributed by atoms with van der Waals surface area (Å²) >= 11 is 0. The van der Waals surface area contributed by atoms with Crippen LogP contribution in [0.5, 0.6) is 0 Å². The van der Waals surface area contributed by atoms with Gasteiger partial charge >= 0.3 is 0 Å². The standard InChI is InChI=1S/C12H22N4O3S/c1-12(2)10(6-11(12)19-3)15-20(17,18)9-7-14-16(8-9)5-4-13/h7-8,10-11,15H,4-6,13H2,1-3H3. The average molecular weight is 302 g/mol. The summed E-state index contributed by atoms with van der Waals surface area (Å²) in [5, 5.41) is 3.98. The molecular weight excluding hydrogens is 280 g/mol. The second-order valence-electron chi connectivity index (χ2n) is 5.68. The molecule has 1 aliphatic rings. The van der Waals surface area contributed by atoms with Crippen LogP contribution in [0, 0.1) is 5.41 Å². The molecule has 1 aromatic heterocycles. The molecule has 3 N–H and O–H groups in total. The lowest BCUT2D eigenvalue weighted by atomic mass is 9.65. The molecular formula is C12H22N4O3S. The van der Waals surface area contributed by atoms with Crippen molar-refractivity contribution in [3.05, 3.63) is 12.4 Å². The number of rotatable bonds is 6. The van der Waals surface area contributed by atoms with Gasteiger partial charge in [0, 0.05) is 31.3 Å². The lowest BCUT2D eigenvalue weighted by Gasteiger charge is -2.50. The van der Waals surface area contributed by atoms with Gasteiger partial charge in [0.2, 0.25) is 10.0 Å². The van der Waals surface area contributed by atoms with Crippen LogP contribution < -0.4 is 10.5 Å². The van der Waals surface area contributed by atoms with Gasteiger partial charge < -0.3 is 10.5 Å². The minimum atomic E-state index is -3.55. The van der Waals surface area contributed by atoms with E-state index in [4.69, 9.17) is 10.5 Å². The van der Waals surface area contributed by atoms with Crippen molar-refractivity contribution in [2.75, 3.05) is 13.7 Å². The molecule has 1 fully saturated rings. The highest BCUT2D eigenvalue weighted by Crippen LogP contribution is 2.42. The van der Waals surface area contributed by atoms with Crippen LogP contribution in [-0.2, 0) is 21.3 Å². The molecule has 0 amide bonds. The van der Waals surface area contributed by atoms with Crippen LogP contribution in [0.3, 0.4) is 0 Å². The maximum absolute atomic E-state index is 12.3. The summed E-state index contributed by atoms with van der Waals surface area (Å²) in [5.41, 5.74) is 5.20. The summed E-state index contributed by atoms with van der Waals surface area (Å²) in [6, 6.07) is -0.129. The Balaban J connectivity index is 2.08. The fourth-order valence-electron chi connectivity index (χ4n) is 2.48. The van der Waals surface area contributed by atoms with Gasteiger partial charge in [-0.1, -0.05) is 13.8 Å². The molecule has 114 valence electrons. The largest absolute Gasteiger partial charge is 0.381 e. The average Bonchev–Trinajstić information content (AvgIpc) is 2.84. The zero-order valence-electron chi connectivity index (χ0n) is 12.0. The summed E-state index contributed by atoms with van der Waals surface area (Å²) in [6.07, 6.45) is 3.60. The Hall–Kier alpha value is -0.960. The number of nitrogens with zero attached hydrogens (tertiary/aromatic N) is 2. The van der Waals surface area contributed by atoms with E-state index in [0.717, 1.165) is 0 Å². The molecule has 2 atom stereocenters. The summed E-state index contributed by atoms with van der Waals surface area (Å²) in [6.45, 7) is 4.90. The van der Waals surface area contributed by atoms with Crippen LogP contribution in [0.25, 0.3) is 0 Å². The monoisotopic (exact) mass is 302 g/mol. The molecule has 1 aliphatic carbocycles. The maximum Gasteiger partial charge on any atom is 0.243 e. The molecule has 0 aromatic carbocycles. The van der Waals surface area contributed by atoms with E-state index >= 15 is 0 Å². The molecule has 7 nitrogen and oxygen atoms in total. The van der Waals surface area contributed by atoms with Gasteiger partial charge in [-0.25, -0.2) is 13.1 Å². The van der Waals surface area contributed by atoms with Crippen LogP contribution >= 0.6 is 0 Å². The van der Waals surface area contributed by atoms with Crippen molar-refractivity contribution in [2.24, 2.45) is 11.1 Å².